The Morgan fingerprint density at radius 1 is 1.18 bits per heavy atom. The summed E-state index contributed by atoms with van der Waals surface area (Å²) in [7, 11) is 0. The van der Waals surface area contributed by atoms with Gasteiger partial charge in [0, 0.05) is 16.1 Å². The van der Waals surface area contributed by atoms with Crippen LogP contribution in [-0.2, 0) is 0 Å². The minimum absolute atomic E-state index is 0. The molecule has 0 saturated heterocycles. The largest absolute Gasteiger partial charge is 0.304 e. The summed E-state index contributed by atoms with van der Waals surface area (Å²) >= 11 is 0. The molecule has 0 aromatic carbocycles. The number of hydrogen-bond donors (Lipinski definition) is 2. The molecule has 2 aliphatic rings. The van der Waals surface area contributed by atoms with Crippen molar-refractivity contribution in [2.75, 3.05) is 19.8 Å². The minimum Gasteiger partial charge on any atom is -0.304 e. The van der Waals surface area contributed by atoms with Crippen LogP contribution in [0.25, 0.3) is 0 Å². The molecule has 0 radical (unpaired) electrons. The molecular weight excluding hydrogens is 268 g/mol. The Bertz CT molecular complexity index is 350. The van der Waals surface area contributed by atoms with Gasteiger partial charge >= 0.3 is 0 Å². The van der Waals surface area contributed by atoms with Gasteiger partial charge in [-0.1, -0.05) is 69.2 Å². The van der Waals surface area contributed by atoms with Crippen LogP contribution in [-0.4, -0.2) is 19.8 Å². The average molecular weight is 309 g/mol. The summed E-state index contributed by atoms with van der Waals surface area (Å²) in [5.74, 6) is 1.70. The van der Waals surface area contributed by atoms with Crippen LogP contribution in [0.2, 0.25) is 0 Å². The third-order valence-corrected chi connectivity index (χ3v) is 5.19. The van der Waals surface area contributed by atoms with Crippen LogP contribution in [0.5, 0.6) is 0 Å². The summed E-state index contributed by atoms with van der Waals surface area (Å²) in [6.07, 6.45) is 21.2. The van der Waals surface area contributed by atoms with Gasteiger partial charge in [-0.05, 0) is 44.1 Å². The third kappa shape index (κ3) is 7.11. The van der Waals surface area contributed by atoms with E-state index in [1.807, 2.05) is 0 Å². The van der Waals surface area contributed by atoms with Crippen LogP contribution in [0, 0.1) is 11.8 Å². The highest BCUT2D eigenvalue weighted by atomic mass is 15.0. The number of nitrogens with one attached hydrogen (secondary N) is 2. The molecule has 0 bridgehead atoms. The standard InChI is InChI=1S/C20H36N2.2H2/c1-2-3-15-21-17-22-16-20-13-11-19(12-14-20)10-9-18-7-5-4-6-8-18;;/h11-13,18,20-22H,2-10,14-17H2,1H3;2*1H. The van der Waals surface area contributed by atoms with E-state index in [2.05, 4.69) is 35.8 Å². The van der Waals surface area contributed by atoms with Gasteiger partial charge < -0.3 is 10.6 Å². The van der Waals surface area contributed by atoms with Gasteiger partial charge in [0.25, 0.3) is 0 Å². The molecule has 0 aliphatic heterocycles. The Kier molecular flexibility index (Phi) is 8.89. The summed E-state index contributed by atoms with van der Waals surface area (Å²) in [6.45, 7) is 5.42. The van der Waals surface area contributed by atoms with Gasteiger partial charge in [-0.25, -0.2) is 0 Å². The molecule has 0 aromatic rings. The first kappa shape index (κ1) is 17.7. The molecule has 2 rings (SSSR count). The quantitative estimate of drug-likeness (QED) is 0.424. The Balaban J connectivity index is 0.00000264. The summed E-state index contributed by atoms with van der Waals surface area (Å²) in [5, 5.41) is 6.96. The second-order valence-electron chi connectivity index (χ2n) is 7.16. The maximum atomic E-state index is 3.52. The fourth-order valence-corrected chi connectivity index (χ4v) is 3.63. The first-order valence-electron chi connectivity index (χ1n) is 9.67. The van der Waals surface area contributed by atoms with Crippen molar-refractivity contribution in [3.05, 3.63) is 23.8 Å². The Hall–Kier alpha value is -0.600. The lowest BCUT2D eigenvalue weighted by Crippen LogP contribution is -2.32. The molecular formula is C20H40N2. The molecule has 22 heavy (non-hydrogen) atoms. The van der Waals surface area contributed by atoms with E-state index in [4.69, 9.17) is 0 Å². The van der Waals surface area contributed by atoms with Crippen LogP contribution in [0.15, 0.2) is 23.8 Å². The van der Waals surface area contributed by atoms with Crippen molar-refractivity contribution < 1.29 is 2.85 Å². The zero-order chi connectivity index (χ0) is 15.5. The molecule has 0 heterocycles. The van der Waals surface area contributed by atoms with E-state index in [0.717, 1.165) is 25.7 Å². The number of allylic oxidation sites excluding steroid dienone is 3. The molecule has 2 aliphatic carbocycles. The summed E-state index contributed by atoms with van der Waals surface area (Å²) < 4.78 is 0. The Morgan fingerprint density at radius 3 is 2.77 bits per heavy atom. The van der Waals surface area contributed by atoms with Crippen molar-refractivity contribution in [3.63, 3.8) is 0 Å². The molecule has 2 nitrogen and oxygen atoms in total. The van der Waals surface area contributed by atoms with Crippen LogP contribution in [0.4, 0.5) is 0 Å². The van der Waals surface area contributed by atoms with E-state index in [1.54, 1.807) is 5.57 Å². The fraction of sp³-hybridized carbons (Fsp3) is 0.800. The van der Waals surface area contributed by atoms with Crippen molar-refractivity contribution >= 4 is 0 Å². The van der Waals surface area contributed by atoms with Gasteiger partial charge in [0.05, 0.1) is 0 Å². The van der Waals surface area contributed by atoms with Crippen molar-refractivity contribution in [1.82, 2.24) is 10.6 Å². The van der Waals surface area contributed by atoms with Gasteiger partial charge in [0.1, 0.15) is 0 Å². The molecule has 2 heteroatoms. The maximum Gasteiger partial charge on any atom is 0.0454 e. The first-order valence-corrected chi connectivity index (χ1v) is 9.67. The second-order valence-corrected chi connectivity index (χ2v) is 7.16. The van der Waals surface area contributed by atoms with E-state index >= 15 is 0 Å². The second kappa shape index (κ2) is 11.0. The predicted molar refractivity (Wildman–Crippen MR) is 101 cm³/mol. The van der Waals surface area contributed by atoms with E-state index in [1.165, 1.54) is 64.2 Å². The molecule has 1 saturated carbocycles. The van der Waals surface area contributed by atoms with Crippen molar-refractivity contribution in [2.24, 2.45) is 11.8 Å². The van der Waals surface area contributed by atoms with Crippen molar-refractivity contribution in [3.8, 4) is 0 Å². The third-order valence-electron chi connectivity index (χ3n) is 5.19. The maximum absolute atomic E-state index is 3.52. The lowest BCUT2D eigenvalue weighted by molar-refractivity contribution is 0.339. The fourth-order valence-electron chi connectivity index (χ4n) is 3.63. The van der Waals surface area contributed by atoms with E-state index in [-0.39, 0.29) is 2.85 Å². The normalized spacial score (nSPS) is 22.8. The molecule has 1 atom stereocenters. The molecule has 2 N–H and O–H groups in total. The lowest BCUT2D eigenvalue weighted by atomic mass is 9.84. The van der Waals surface area contributed by atoms with Gasteiger partial charge in [0.15, 0.2) is 0 Å². The van der Waals surface area contributed by atoms with Gasteiger partial charge in [-0.3, -0.25) is 0 Å². The van der Waals surface area contributed by atoms with Gasteiger partial charge in [-0.2, -0.15) is 0 Å². The smallest absolute Gasteiger partial charge is 0.0454 e. The number of rotatable bonds is 10. The highest BCUT2D eigenvalue weighted by Crippen LogP contribution is 2.29. The van der Waals surface area contributed by atoms with Crippen LogP contribution >= 0.6 is 0 Å². The Morgan fingerprint density at radius 2 is 2.05 bits per heavy atom. The first-order chi connectivity index (χ1) is 10.9. The van der Waals surface area contributed by atoms with Gasteiger partial charge in [0.2, 0.25) is 0 Å². The molecule has 0 aromatic heterocycles. The molecule has 0 amide bonds. The summed E-state index contributed by atoms with van der Waals surface area (Å²) in [6, 6.07) is 0. The molecule has 1 unspecified atom stereocenters. The van der Waals surface area contributed by atoms with Crippen molar-refractivity contribution in [1.29, 1.82) is 0 Å². The van der Waals surface area contributed by atoms with Crippen LogP contribution in [0.1, 0.15) is 74.0 Å². The number of unbranched alkanes of at least 4 members (excludes halogenated alkanes) is 1. The SMILES string of the molecule is CCCCNCNCC1C=CC(CCC2CCCCC2)=CC1.[HH].[HH]. The van der Waals surface area contributed by atoms with Crippen molar-refractivity contribution in [2.45, 2.75) is 71.1 Å². The average Bonchev–Trinajstić information content (AvgIpc) is 2.58. The monoisotopic (exact) mass is 308 g/mol. The predicted octanol–water partition coefficient (Wildman–Crippen LogP) is 5.28. The zero-order valence-corrected chi connectivity index (χ0v) is 14.6. The highest BCUT2D eigenvalue weighted by molar-refractivity contribution is 5.23. The highest BCUT2D eigenvalue weighted by Gasteiger charge is 2.14. The molecule has 1 fully saturated rings. The summed E-state index contributed by atoms with van der Waals surface area (Å²) in [5.41, 5.74) is 1.59. The lowest BCUT2D eigenvalue weighted by Gasteiger charge is -2.22. The minimum atomic E-state index is 0. The van der Waals surface area contributed by atoms with Crippen LogP contribution < -0.4 is 10.6 Å². The molecule has 0 spiro atoms. The molecule has 130 valence electrons. The zero-order valence-electron chi connectivity index (χ0n) is 14.6. The van der Waals surface area contributed by atoms with Crippen LogP contribution in [0.3, 0.4) is 0 Å². The van der Waals surface area contributed by atoms with E-state index < -0.39 is 0 Å². The Labute approximate surface area is 140 Å². The van der Waals surface area contributed by atoms with E-state index in [9.17, 15) is 0 Å². The van der Waals surface area contributed by atoms with E-state index in [0.29, 0.717) is 5.92 Å². The summed E-state index contributed by atoms with van der Waals surface area (Å²) in [4.78, 5) is 0. The van der Waals surface area contributed by atoms with Gasteiger partial charge in [-0.15, -0.1) is 0 Å². The topological polar surface area (TPSA) is 24.1 Å². The number of hydrogen-bond acceptors (Lipinski definition) is 2.